The van der Waals surface area contributed by atoms with Crippen LogP contribution in [0.15, 0.2) is 54.7 Å². The molecule has 1 aliphatic rings. The van der Waals surface area contributed by atoms with Gasteiger partial charge in [-0.25, -0.2) is 4.39 Å². The number of rotatable bonds is 3. The fourth-order valence-corrected chi connectivity index (χ4v) is 4.04. The molecule has 0 spiro atoms. The van der Waals surface area contributed by atoms with Crippen LogP contribution in [0.3, 0.4) is 0 Å². The summed E-state index contributed by atoms with van der Waals surface area (Å²) in [4.78, 5) is 16.7. The SMILES string of the molecule is O=C(NC1CCC(c2ccnc3ccc(F)cc23)CC1)c1ccc(Cl)cc1. The van der Waals surface area contributed by atoms with Gasteiger partial charge in [0.2, 0.25) is 0 Å². The van der Waals surface area contributed by atoms with Crippen molar-refractivity contribution in [3.63, 3.8) is 0 Å². The zero-order valence-electron chi connectivity index (χ0n) is 14.8. The molecular weight excluding hydrogens is 363 g/mol. The third-order valence-electron chi connectivity index (χ3n) is 5.35. The first-order valence-electron chi connectivity index (χ1n) is 9.21. The molecule has 5 heteroatoms. The van der Waals surface area contributed by atoms with Crippen molar-refractivity contribution in [2.75, 3.05) is 0 Å². The van der Waals surface area contributed by atoms with E-state index in [2.05, 4.69) is 10.3 Å². The summed E-state index contributed by atoms with van der Waals surface area (Å²) in [5, 5.41) is 4.63. The van der Waals surface area contributed by atoms with Gasteiger partial charge in [0, 0.05) is 28.2 Å². The van der Waals surface area contributed by atoms with Crippen molar-refractivity contribution in [1.82, 2.24) is 10.3 Å². The first kappa shape index (κ1) is 17.9. The summed E-state index contributed by atoms with van der Waals surface area (Å²) in [6, 6.07) is 13.8. The van der Waals surface area contributed by atoms with Gasteiger partial charge in [-0.3, -0.25) is 9.78 Å². The molecule has 2 aromatic carbocycles. The number of hydrogen-bond acceptors (Lipinski definition) is 2. The number of halogens is 2. The first-order valence-corrected chi connectivity index (χ1v) is 9.58. The third kappa shape index (κ3) is 3.96. The normalized spacial score (nSPS) is 19.8. The molecule has 1 aliphatic carbocycles. The third-order valence-corrected chi connectivity index (χ3v) is 5.60. The smallest absolute Gasteiger partial charge is 0.251 e. The van der Waals surface area contributed by atoms with Crippen LogP contribution in [0.4, 0.5) is 4.39 Å². The van der Waals surface area contributed by atoms with Crippen LogP contribution in [0.25, 0.3) is 10.9 Å². The Balaban J connectivity index is 1.43. The van der Waals surface area contributed by atoms with Crippen molar-refractivity contribution < 1.29 is 9.18 Å². The van der Waals surface area contributed by atoms with Gasteiger partial charge in [0.15, 0.2) is 0 Å². The van der Waals surface area contributed by atoms with Gasteiger partial charge in [-0.1, -0.05) is 11.6 Å². The van der Waals surface area contributed by atoms with Crippen LogP contribution in [-0.2, 0) is 0 Å². The van der Waals surface area contributed by atoms with Gasteiger partial charge in [-0.15, -0.1) is 0 Å². The second-order valence-electron chi connectivity index (χ2n) is 7.09. The predicted octanol–water partition coefficient (Wildman–Crippen LogP) is 5.48. The number of hydrogen-bond donors (Lipinski definition) is 1. The number of aromatic nitrogens is 1. The summed E-state index contributed by atoms with van der Waals surface area (Å²) in [5.41, 5.74) is 2.60. The number of amides is 1. The highest BCUT2D eigenvalue weighted by molar-refractivity contribution is 6.30. The molecule has 1 amide bonds. The second-order valence-corrected chi connectivity index (χ2v) is 7.53. The Morgan fingerprint density at radius 2 is 1.78 bits per heavy atom. The van der Waals surface area contributed by atoms with Gasteiger partial charge in [-0.05, 0) is 85.7 Å². The summed E-state index contributed by atoms with van der Waals surface area (Å²) in [7, 11) is 0. The molecule has 3 nitrogen and oxygen atoms in total. The first-order chi connectivity index (χ1) is 13.1. The molecule has 1 heterocycles. The highest BCUT2D eigenvalue weighted by Crippen LogP contribution is 2.36. The number of carbonyl (C=O) groups excluding carboxylic acids is 1. The number of pyridine rings is 1. The molecular formula is C22H20ClFN2O. The lowest BCUT2D eigenvalue weighted by Gasteiger charge is -2.30. The molecule has 1 fully saturated rings. The van der Waals surface area contributed by atoms with Crippen LogP contribution in [0.5, 0.6) is 0 Å². The minimum Gasteiger partial charge on any atom is -0.349 e. The minimum atomic E-state index is -0.235. The lowest BCUT2D eigenvalue weighted by Crippen LogP contribution is -2.37. The van der Waals surface area contributed by atoms with E-state index in [1.54, 1.807) is 42.6 Å². The highest BCUT2D eigenvalue weighted by Gasteiger charge is 2.25. The van der Waals surface area contributed by atoms with Crippen LogP contribution >= 0.6 is 11.6 Å². The Labute approximate surface area is 162 Å². The summed E-state index contributed by atoms with van der Waals surface area (Å²) in [5.74, 6) is 0.0631. The lowest BCUT2D eigenvalue weighted by molar-refractivity contribution is 0.0926. The Hall–Kier alpha value is -2.46. The topological polar surface area (TPSA) is 42.0 Å². The standard InChI is InChI=1S/C22H20ClFN2O/c23-16-5-1-15(2-6-16)22(27)26-18-8-3-14(4-9-18)19-11-12-25-21-10-7-17(24)13-20(19)21/h1-2,5-7,10-14,18H,3-4,8-9H2,(H,26,27). The quantitative estimate of drug-likeness (QED) is 0.651. The maximum absolute atomic E-state index is 13.7. The Morgan fingerprint density at radius 1 is 1.04 bits per heavy atom. The molecule has 0 atom stereocenters. The molecule has 1 N–H and O–H groups in total. The van der Waals surface area contributed by atoms with E-state index in [9.17, 15) is 9.18 Å². The van der Waals surface area contributed by atoms with E-state index >= 15 is 0 Å². The van der Waals surface area contributed by atoms with E-state index in [-0.39, 0.29) is 17.8 Å². The van der Waals surface area contributed by atoms with Gasteiger partial charge in [0.05, 0.1) is 5.52 Å². The van der Waals surface area contributed by atoms with Gasteiger partial charge in [0.1, 0.15) is 5.82 Å². The van der Waals surface area contributed by atoms with Crippen molar-refractivity contribution in [3.8, 4) is 0 Å². The molecule has 138 valence electrons. The van der Waals surface area contributed by atoms with Gasteiger partial charge < -0.3 is 5.32 Å². The molecule has 0 unspecified atom stereocenters. The number of nitrogens with one attached hydrogen (secondary N) is 1. The maximum Gasteiger partial charge on any atom is 0.251 e. The van der Waals surface area contributed by atoms with E-state index in [0.717, 1.165) is 42.1 Å². The van der Waals surface area contributed by atoms with E-state index in [1.807, 2.05) is 6.07 Å². The number of nitrogens with zero attached hydrogens (tertiary/aromatic N) is 1. The van der Waals surface area contributed by atoms with Crippen LogP contribution in [0, 0.1) is 5.82 Å². The Kier molecular flexibility index (Phi) is 5.08. The molecule has 0 aliphatic heterocycles. The van der Waals surface area contributed by atoms with Crippen LogP contribution in [0.1, 0.15) is 47.5 Å². The molecule has 0 saturated heterocycles. The minimum absolute atomic E-state index is 0.0634. The molecule has 3 aromatic rings. The zero-order chi connectivity index (χ0) is 18.8. The van der Waals surface area contributed by atoms with Gasteiger partial charge >= 0.3 is 0 Å². The highest BCUT2D eigenvalue weighted by atomic mass is 35.5. The summed E-state index contributed by atoms with van der Waals surface area (Å²) < 4.78 is 13.7. The largest absolute Gasteiger partial charge is 0.349 e. The molecule has 0 radical (unpaired) electrons. The van der Waals surface area contributed by atoms with Crippen molar-refractivity contribution in [2.45, 2.75) is 37.6 Å². The molecule has 27 heavy (non-hydrogen) atoms. The van der Waals surface area contributed by atoms with E-state index < -0.39 is 0 Å². The molecule has 1 aromatic heterocycles. The zero-order valence-corrected chi connectivity index (χ0v) is 15.5. The van der Waals surface area contributed by atoms with Crippen molar-refractivity contribution >= 4 is 28.4 Å². The molecule has 1 saturated carbocycles. The summed E-state index contributed by atoms with van der Waals surface area (Å²) in [6.07, 6.45) is 5.53. The van der Waals surface area contributed by atoms with E-state index in [4.69, 9.17) is 11.6 Å². The van der Waals surface area contributed by atoms with Crippen molar-refractivity contribution in [3.05, 3.63) is 76.7 Å². The van der Waals surface area contributed by atoms with Gasteiger partial charge in [0.25, 0.3) is 5.91 Å². The van der Waals surface area contributed by atoms with Crippen molar-refractivity contribution in [2.24, 2.45) is 0 Å². The predicted molar refractivity (Wildman–Crippen MR) is 106 cm³/mol. The second kappa shape index (κ2) is 7.65. The van der Waals surface area contributed by atoms with Crippen molar-refractivity contribution in [1.29, 1.82) is 0 Å². The van der Waals surface area contributed by atoms with Crippen LogP contribution in [-0.4, -0.2) is 16.9 Å². The average molecular weight is 383 g/mol. The molecule has 4 rings (SSSR count). The number of benzene rings is 2. The molecule has 0 bridgehead atoms. The summed E-state index contributed by atoms with van der Waals surface area (Å²) in [6.45, 7) is 0. The summed E-state index contributed by atoms with van der Waals surface area (Å²) >= 11 is 5.87. The Bertz CT molecular complexity index is 966. The number of carbonyl (C=O) groups is 1. The fourth-order valence-electron chi connectivity index (χ4n) is 3.91. The van der Waals surface area contributed by atoms with E-state index in [1.165, 1.54) is 6.07 Å². The average Bonchev–Trinajstić information content (AvgIpc) is 2.68. The lowest BCUT2D eigenvalue weighted by atomic mass is 9.80. The van der Waals surface area contributed by atoms with Gasteiger partial charge in [-0.2, -0.15) is 0 Å². The van der Waals surface area contributed by atoms with E-state index in [0.29, 0.717) is 16.5 Å². The monoisotopic (exact) mass is 382 g/mol. The maximum atomic E-state index is 13.7. The van der Waals surface area contributed by atoms with Crippen LogP contribution in [0.2, 0.25) is 5.02 Å². The van der Waals surface area contributed by atoms with Crippen LogP contribution < -0.4 is 5.32 Å². The Morgan fingerprint density at radius 3 is 2.52 bits per heavy atom. The number of fused-ring (bicyclic) bond motifs is 1. The fraction of sp³-hybridized carbons (Fsp3) is 0.273.